The van der Waals surface area contributed by atoms with E-state index in [-0.39, 0.29) is 5.92 Å². The van der Waals surface area contributed by atoms with Crippen LogP contribution in [0.3, 0.4) is 0 Å². The molecule has 0 saturated carbocycles. The maximum atomic E-state index is 5.79. The number of para-hydroxylation sites is 2. The van der Waals surface area contributed by atoms with E-state index in [0.717, 1.165) is 5.56 Å². The van der Waals surface area contributed by atoms with Gasteiger partial charge in [0.1, 0.15) is 0 Å². The minimum Gasteiger partial charge on any atom is -0.290 e. The second kappa shape index (κ2) is 9.18. The second-order valence-electron chi connectivity index (χ2n) is 7.16. The fourth-order valence-corrected chi connectivity index (χ4v) is 2.98. The van der Waals surface area contributed by atoms with Gasteiger partial charge in [-0.1, -0.05) is 70.2 Å². The molecule has 0 heterocycles. The zero-order valence-corrected chi connectivity index (χ0v) is 16.7. The Kier molecular flexibility index (Phi) is 6.43. The van der Waals surface area contributed by atoms with Gasteiger partial charge in [0, 0.05) is 5.56 Å². The van der Waals surface area contributed by atoms with Crippen LogP contribution in [0.5, 0.6) is 23.0 Å². The Bertz CT molecular complexity index is 874. The summed E-state index contributed by atoms with van der Waals surface area (Å²) in [6, 6.07) is 22.6. The van der Waals surface area contributed by atoms with Gasteiger partial charge in [-0.2, -0.15) is 0 Å². The lowest BCUT2D eigenvalue weighted by molar-refractivity contribution is -0.128. The first-order valence-corrected chi connectivity index (χ1v) is 9.52. The molecule has 0 amide bonds. The van der Waals surface area contributed by atoms with Gasteiger partial charge in [-0.3, -0.25) is 19.6 Å². The average molecular weight is 378 g/mol. The molecule has 0 aromatic heterocycles. The normalized spacial score (nSPS) is 10.8. The van der Waals surface area contributed by atoms with E-state index in [2.05, 4.69) is 33.8 Å². The Morgan fingerprint density at radius 3 is 1.57 bits per heavy atom. The molecule has 0 aliphatic heterocycles. The SMILES string of the molecule is CC(C)c1ccc(OOc2ccccc2)c(OOc2ccccc2)c1C(C)C. The van der Waals surface area contributed by atoms with Crippen molar-refractivity contribution in [2.75, 3.05) is 0 Å². The fourth-order valence-electron chi connectivity index (χ4n) is 2.98. The predicted molar refractivity (Wildman–Crippen MR) is 110 cm³/mol. The summed E-state index contributed by atoms with van der Waals surface area (Å²) in [5.41, 5.74) is 2.23. The van der Waals surface area contributed by atoms with Crippen LogP contribution in [0.2, 0.25) is 0 Å². The van der Waals surface area contributed by atoms with E-state index >= 15 is 0 Å². The smallest absolute Gasteiger partial charge is 0.229 e. The van der Waals surface area contributed by atoms with E-state index < -0.39 is 0 Å². The third-order valence-corrected chi connectivity index (χ3v) is 4.33. The molecule has 3 aromatic carbocycles. The number of hydrogen-bond donors (Lipinski definition) is 0. The molecule has 0 aliphatic carbocycles. The van der Waals surface area contributed by atoms with Crippen molar-refractivity contribution in [3.8, 4) is 23.0 Å². The molecule has 0 fully saturated rings. The van der Waals surface area contributed by atoms with Gasteiger partial charge in [0.2, 0.25) is 11.5 Å². The number of hydrogen-bond acceptors (Lipinski definition) is 4. The van der Waals surface area contributed by atoms with Crippen molar-refractivity contribution in [1.82, 2.24) is 0 Å². The molecule has 0 saturated heterocycles. The largest absolute Gasteiger partial charge is 0.290 e. The quantitative estimate of drug-likeness (QED) is 0.324. The molecule has 0 N–H and O–H groups in total. The highest BCUT2D eigenvalue weighted by Crippen LogP contribution is 2.41. The molecule has 4 nitrogen and oxygen atoms in total. The zero-order valence-electron chi connectivity index (χ0n) is 16.7. The van der Waals surface area contributed by atoms with E-state index in [4.69, 9.17) is 19.6 Å². The van der Waals surface area contributed by atoms with Crippen molar-refractivity contribution < 1.29 is 19.6 Å². The van der Waals surface area contributed by atoms with Gasteiger partial charge >= 0.3 is 0 Å². The molecule has 146 valence electrons. The van der Waals surface area contributed by atoms with Crippen LogP contribution in [0.4, 0.5) is 0 Å². The lowest BCUT2D eigenvalue weighted by atomic mass is 9.89. The van der Waals surface area contributed by atoms with Crippen LogP contribution in [-0.4, -0.2) is 0 Å². The summed E-state index contributed by atoms with van der Waals surface area (Å²) in [5.74, 6) is 2.76. The molecule has 3 aromatic rings. The van der Waals surface area contributed by atoms with Crippen molar-refractivity contribution >= 4 is 0 Å². The standard InChI is InChI=1S/C24H26O4/c1-17(2)21-15-16-22(27-25-19-11-7-5-8-12-19)24(23(21)18(3)4)28-26-20-13-9-6-10-14-20/h5-18H,1-4H3. The Balaban J connectivity index is 1.93. The molecule has 0 bridgehead atoms. The van der Waals surface area contributed by atoms with Crippen molar-refractivity contribution in [1.29, 1.82) is 0 Å². The summed E-state index contributed by atoms with van der Waals surface area (Å²) in [6.45, 7) is 8.56. The summed E-state index contributed by atoms with van der Waals surface area (Å²) >= 11 is 0. The summed E-state index contributed by atoms with van der Waals surface area (Å²) in [7, 11) is 0. The Morgan fingerprint density at radius 2 is 1.07 bits per heavy atom. The molecular weight excluding hydrogens is 352 g/mol. The Labute approximate surface area is 166 Å². The highest BCUT2D eigenvalue weighted by molar-refractivity contribution is 5.53. The van der Waals surface area contributed by atoms with Crippen molar-refractivity contribution in [3.63, 3.8) is 0 Å². The molecule has 28 heavy (non-hydrogen) atoms. The first-order chi connectivity index (χ1) is 13.6. The van der Waals surface area contributed by atoms with E-state index in [9.17, 15) is 0 Å². The van der Waals surface area contributed by atoms with E-state index in [1.54, 1.807) is 0 Å². The summed E-state index contributed by atoms with van der Waals surface area (Å²) < 4.78 is 0. The second-order valence-corrected chi connectivity index (χ2v) is 7.16. The summed E-state index contributed by atoms with van der Waals surface area (Å²) in [4.78, 5) is 22.5. The minimum atomic E-state index is 0.215. The maximum Gasteiger partial charge on any atom is 0.229 e. The van der Waals surface area contributed by atoms with Gasteiger partial charge in [-0.25, -0.2) is 0 Å². The van der Waals surface area contributed by atoms with Gasteiger partial charge in [-0.05, 0) is 47.7 Å². The molecule has 0 atom stereocenters. The van der Waals surface area contributed by atoms with Gasteiger partial charge in [0.05, 0.1) is 0 Å². The molecular formula is C24H26O4. The first kappa shape index (κ1) is 19.6. The van der Waals surface area contributed by atoms with E-state index in [0.29, 0.717) is 28.9 Å². The highest BCUT2D eigenvalue weighted by Gasteiger charge is 2.23. The molecule has 0 spiro atoms. The number of benzene rings is 3. The van der Waals surface area contributed by atoms with Gasteiger partial charge in [0.15, 0.2) is 11.5 Å². The van der Waals surface area contributed by atoms with Gasteiger partial charge in [-0.15, -0.1) is 0 Å². The van der Waals surface area contributed by atoms with Crippen LogP contribution in [-0.2, 0) is 0 Å². The predicted octanol–water partition coefficient (Wildman–Crippen LogP) is 6.68. The van der Waals surface area contributed by atoms with Gasteiger partial charge < -0.3 is 0 Å². The minimum absolute atomic E-state index is 0.215. The maximum absolute atomic E-state index is 5.79. The average Bonchev–Trinajstić information content (AvgIpc) is 2.71. The third kappa shape index (κ3) is 4.77. The van der Waals surface area contributed by atoms with E-state index in [1.165, 1.54) is 5.56 Å². The van der Waals surface area contributed by atoms with E-state index in [1.807, 2.05) is 66.7 Å². The van der Waals surface area contributed by atoms with Crippen LogP contribution >= 0.6 is 0 Å². The third-order valence-electron chi connectivity index (χ3n) is 4.33. The highest BCUT2D eigenvalue weighted by atomic mass is 17.2. The van der Waals surface area contributed by atoms with Crippen LogP contribution < -0.4 is 19.6 Å². The van der Waals surface area contributed by atoms with Crippen LogP contribution in [0.1, 0.15) is 50.7 Å². The fraction of sp³-hybridized carbons (Fsp3) is 0.250. The van der Waals surface area contributed by atoms with Crippen molar-refractivity contribution in [3.05, 3.63) is 83.9 Å². The van der Waals surface area contributed by atoms with Crippen LogP contribution in [0.25, 0.3) is 0 Å². The molecule has 0 aliphatic rings. The van der Waals surface area contributed by atoms with Crippen molar-refractivity contribution in [2.24, 2.45) is 0 Å². The summed E-state index contributed by atoms with van der Waals surface area (Å²) in [6.07, 6.45) is 0. The Morgan fingerprint density at radius 1 is 0.536 bits per heavy atom. The number of rotatable bonds is 8. The molecule has 4 heteroatoms. The molecule has 0 unspecified atom stereocenters. The monoisotopic (exact) mass is 378 g/mol. The van der Waals surface area contributed by atoms with Gasteiger partial charge in [0.25, 0.3) is 0 Å². The lowest BCUT2D eigenvalue weighted by Crippen LogP contribution is -2.11. The van der Waals surface area contributed by atoms with Crippen molar-refractivity contribution in [2.45, 2.75) is 39.5 Å². The molecule has 0 radical (unpaired) electrons. The first-order valence-electron chi connectivity index (χ1n) is 9.52. The Hall–Kier alpha value is -3.14. The molecule has 3 rings (SSSR count). The lowest BCUT2D eigenvalue weighted by Gasteiger charge is -2.21. The summed E-state index contributed by atoms with van der Waals surface area (Å²) in [5, 5.41) is 0. The topological polar surface area (TPSA) is 36.9 Å². The van der Waals surface area contributed by atoms with Crippen LogP contribution in [0, 0.1) is 0 Å². The zero-order chi connectivity index (χ0) is 19.9. The van der Waals surface area contributed by atoms with Crippen LogP contribution in [0.15, 0.2) is 72.8 Å².